The van der Waals surface area contributed by atoms with Crippen molar-refractivity contribution in [2.45, 2.75) is 19.3 Å². The summed E-state index contributed by atoms with van der Waals surface area (Å²) in [5, 5.41) is 1.23. The number of nitrogens with zero attached hydrogens (tertiary/aromatic N) is 1. The van der Waals surface area contributed by atoms with Crippen molar-refractivity contribution in [3.8, 4) is 0 Å². The first-order chi connectivity index (χ1) is 10.2. The SMILES string of the molecule is CC(=O)C[C@@H](c1ccccc1)c1cn(C)c2ccccc12. The van der Waals surface area contributed by atoms with Crippen LogP contribution in [0.3, 0.4) is 0 Å². The van der Waals surface area contributed by atoms with E-state index in [1.165, 1.54) is 22.0 Å². The summed E-state index contributed by atoms with van der Waals surface area (Å²) in [4.78, 5) is 11.7. The Labute approximate surface area is 125 Å². The first-order valence-electron chi connectivity index (χ1n) is 7.25. The number of Topliss-reactive ketones (excluding diaryl/α,β-unsaturated/α-hetero) is 1. The number of aromatic nitrogens is 1. The molecule has 0 amide bonds. The third-order valence-electron chi connectivity index (χ3n) is 4.00. The van der Waals surface area contributed by atoms with Crippen LogP contribution in [-0.4, -0.2) is 10.4 Å². The molecule has 0 unspecified atom stereocenters. The first-order valence-corrected chi connectivity index (χ1v) is 7.25. The van der Waals surface area contributed by atoms with Gasteiger partial charge in [0.15, 0.2) is 0 Å². The van der Waals surface area contributed by atoms with Crippen LogP contribution in [0.4, 0.5) is 0 Å². The van der Waals surface area contributed by atoms with Crippen LogP contribution < -0.4 is 0 Å². The van der Waals surface area contributed by atoms with E-state index < -0.39 is 0 Å². The minimum Gasteiger partial charge on any atom is -0.350 e. The highest BCUT2D eigenvalue weighted by Crippen LogP contribution is 2.34. The molecule has 0 saturated carbocycles. The van der Waals surface area contributed by atoms with Gasteiger partial charge in [0.2, 0.25) is 0 Å². The van der Waals surface area contributed by atoms with Crippen molar-refractivity contribution in [2.75, 3.05) is 0 Å². The Balaban J connectivity index is 2.17. The average Bonchev–Trinajstić information content (AvgIpc) is 2.83. The predicted molar refractivity (Wildman–Crippen MR) is 86.5 cm³/mol. The van der Waals surface area contributed by atoms with Crippen LogP contribution in [0.1, 0.15) is 30.4 Å². The lowest BCUT2D eigenvalue weighted by atomic mass is 9.87. The van der Waals surface area contributed by atoms with E-state index in [9.17, 15) is 4.79 Å². The van der Waals surface area contributed by atoms with Gasteiger partial charge in [-0.05, 0) is 24.1 Å². The van der Waals surface area contributed by atoms with Crippen molar-refractivity contribution in [1.29, 1.82) is 0 Å². The van der Waals surface area contributed by atoms with E-state index in [1.54, 1.807) is 6.92 Å². The highest BCUT2D eigenvalue weighted by Gasteiger charge is 2.20. The molecular weight excluding hydrogens is 258 g/mol. The Morgan fingerprint density at radius 1 is 1.05 bits per heavy atom. The molecule has 0 N–H and O–H groups in total. The number of carbonyl (C=O) groups is 1. The van der Waals surface area contributed by atoms with E-state index in [0.29, 0.717) is 6.42 Å². The number of aryl methyl sites for hydroxylation is 1. The molecule has 0 aliphatic heterocycles. The van der Waals surface area contributed by atoms with E-state index in [0.717, 1.165) is 0 Å². The van der Waals surface area contributed by atoms with E-state index in [2.05, 4.69) is 54.2 Å². The standard InChI is InChI=1S/C19H19NO/c1-14(21)12-17(15-8-4-3-5-9-15)18-13-20(2)19-11-7-6-10-16(18)19/h3-11,13,17H,12H2,1-2H3/t17-/m0/s1. The summed E-state index contributed by atoms with van der Waals surface area (Å²) < 4.78 is 2.14. The van der Waals surface area contributed by atoms with Gasteiger partial charge in [0.25, 0.3) is 0 Å². The molecule has 2 nitrogen and oxygen atoms in total. The number of carbonyl (C=O) groups excluding carboxylic acids is 1. The molecule has 1 heterocycles. The van der Waals surface area contributed by atoms with Gasteiger partial charge in [-0.2, -0.15) is 0 Å². The van der Waals surface area contributed by atoms with Crippen LogP contribution in [-0.2, 0) is 11.8 Å². The van der Waals surface area contributed by atoms with Crippen LogP contribution in [0.25, 0.3) is 10.9 Å². The van der Waals surface area contributed by atoms with Crippen molar-refractivity contribution in [3.63, 3.8) is 0 Å². The number of para-hydroxylation sites is 1. The molecule has 0 aliphatic rings. The molecule has 2 aromatic carbocycles. The van der Waals surface area contributed by atoms with Crippen LogP contribution in [0.15, 0.2) is 60.8 Å². The van der Waals surface area contributed by atoms with Crippen molar-refractivity contribution >= 4 is 16.7 Å². The fraction of sp³-hybridized carbons (Fsp3) is 0.211. The van der Waals surface area contributed by atoms with Gasteiger partial charge in [-0.25, -0.2) is 0 Å². The van der Waals surface area contributed by atoms with E-state index in [-0.39, 0.29) is 11.7 Å². The van der Waals surface area contributed by atoms with Crippen LogP contribution >= 0.6 is 0 Å². The summed E-state index contributed by atoms with van der Waals surface area (Å²) in [6, 6.07) is 18.7. The highest BCUT2D eigenvalue weighted by molar-refractivity contribution is 5.86. The summed E-state index contributed by atoms with van der Waals surface area (Å²) in [5.74, 6) is 0.339. The number of benzene rings is 2. The lowest BCUT2D eigenvalue weighted by Gasteiger charge is -2.15. The second kappa shape index (κ2) is 5.57. The molecule has 0 radical (unpaired) electrons. The van der Waals surface area contributed by atoms with Crippen molar-refractivity contribution in [1.82, 2.24) is 4.57 Å². The summed E-state index contributed by atoms with van der Waals surface area (Å²) >= 11 is 0. The maximum Gasteiger partial charge on any atom is 0.130 e. The maximum absolute atomic E-state index is 11.7. The molecule has 106 valence electrons. The molecule has 2 heteroatoms. The van der Waals surface area contributed by atoms with Crippen molar-refractivity contribution in [2.24, 2.45) is 7.05 Å². The zero-order chi connectivity index (χ0) is 14.8. The van der Waals surface area contributed by atoms with Crippen LogP contribution in [0.5, 0.6) is 0 Å². The number of fused-ring (bicyclic) bond motifs is 1. The van der Waals surface area contributed by atoms with Gasteiger partial charge in [-0.1, -0.05) is 48.5 Å². The minimum atomic E-state index is 0.120. The Hall–Kier alpha value is -2.35. The second-order valence-electron chi connectivity index (χ2n) is 5.58. The fourth-order valence-electron chi connectivity index (χ4n) is 3.03. The van der Waals surface area contributed by atoms with E-state index in [4.69, 9.17) is 0 Å². The molecular formula is C19H19NO. The van der Waals surface area contributed by atoms with Gasteiger partial charge in [0.1, 0.15) is 5.78 Å². The van der Waals surface area contributed by atoms with Crippen LogP contribution in [0.2, 0.25) is 0 Å². The number of hydrogen-bond acceptors (Lipinski definition) is 1. The predicted octanol–water partition coefficient (Wildman–Crippen LogP) is 4.29. The molecule has 0 aliphatic carbocycles. The molecule has 3 aromatic rings. The Bertz CT molecular complexity index is 771. The van der Waals surface area contributed by atoms with Crippen LogP contribution in [0, 0.1) is 0 Å². The van der Waals surface area contributed by atoms with E-state index >= 15 is 0 Å². The molecule has 0 fully saturated rings. The monoisotopic (exact) mass is 277 g/mol. The zero-order valence-corrected chi connectivity index (χ0v) is 12.4. The summed E-state index contributed by atoms with van der Waals surface area (Å²) in [6.45, 7) is 1.67. The third-order valence-corrected chi connectivity index (χ3v) is 4.00. The maximum atomic E-state index is 11.7. The topological polar surface area (TPSA) is 22.0 Å². The molecule has 0 bridgehead atoms. The van der Waals surface area contributed by atoms with Crippen molar-refractivity contribution in [3.05, 3.63) is 71.9 Å². The zero-order valence-electron chi connectivity index (χ0n) is 12.4. The molecule has 0 saturated heterocycles. The summed E-state index contributed by atoms with van der Waals surface area (Å²) in [7, 11) is 2.06. The smallest absolute Gasteiger partial charge is 0.130 e. The first kappa shape index (κ1) is 13.6. The molecule has 1 atom stereocenters. The Kier molecular flexibility index (Phi) is 3.61. The normalized spacial score (nSPS) is 12.5. The van der Waals surface area contributed by atoms with Gasteiger partial charge >= 0.3 is 0 Å². The van der Waals surface area contributed by atoms with Gasteiger partial charge in [0, 0.05) is 36.5 Å². The quantitative estimate of drug-likeness (QED) is 0.697. The Morgan fingerprint density at radius 2 is 1.71 bits per heavy atom. The number of ketones is 1. The lowest BCUT2D eigenvalue weighted by Crippen LogP contribution is -2.05. The largest absolute Gasteiger partial charge is 0.350 e. The number of hydrogen-bond donors (Lipinski definition) is 0. The molecule has 3 rings (SSSR count). The molecule has 0 spiro atoms. The Morgan fingerprint density at radius 3 is 2.43 bits per heavy atom. The van der Waals surface area contributed by atoms with Gasteiger partial charge < -0.3 is 4.57 Å². The highest BCUT2D eigenvalue weighted by atomic mass is 16.1. The van der Waals surface area contributed by atoms with Gasteiger partial charge in [-0.3, -0.25) is 4.79 Å². The fourth-order valence-corrected chi connectivity index (χ4v) is 3.03. The summed E-state index contributed by atoms with van der Waals surface area (Å²) in [5.41, 5.74) is 3.63. The van der Waals surface area contributed by atoms with E-state index in [1.807, 2.05) is 18.2 Å². The molecule has 1 aromatic heterocycles. The van der Waals surface area contributed by atoms with Gasteiger partial charge in [-0.15, -0.1) is 0 Å². The number of rotatable bonds is 4. The third kappa shape index (κ3) is 2.62. The minimum absolute atomic E-state index is 0.120. The van der Waals surface area contributed by atoms with Gasteiger partial charge in [0.05, 0.1) is 0 Å². The van der Waals surface area contributed by atoms with Crippen molar-refractivity contribution < 1.29 is 4.79 Å². The average molecular weight is 277 g/mol. The molecule has 21 heavy (non-hydrogen) atoms. The lowest BCUT2D eigenvalue weighted by molar-refractivity contribution is -0.117. The summed E-state index contributed by atoms with van der Waals surface area (Å²) in [6.07, 6.45) is 2.70. The second-order valence-corrected chi connectivity index (χ2v) is 5.58.